The summed E-state index contributed by atoms with van der Waals surface area (Å²) in [5, 5.41) is 7.00. The van der Waals surface area contributed by atoms with E-state index in [9.17, 15) is 0 Å². The van der Waals surface area contributed by atoms with Crippen LogP contribution in [0, 0.1) is 5.41 Å². The fourth-order valence-corrected chi connectivity index (χ4v) is 21.9. The molecule has 0 aliphatic heterocycles. The van der Waals surface area contributed by atoms with E-state index >= 15 is 0 Å². The van der Waals surface area contributed by atoms with Crippen LogP contribution in [-0.2, 0) is 16.2 Å². The van der Waals surface area contributed by atoms with Crippen molar-refractivity contribution in [3.63, 3.8) is 0 Å². The summed E-state index contributed by atoms with van der Waals surface area (Å²) in [6.45, 7) is 18.7. The van der Waals surface area contributed by atoms with Gasteiger partial charge in [0.25, 0.3) is 0 Å². The monoisotopic (exact) mass is 1780 g/mol. The zero-order chi connectivity index (χ0) is 93.1. The van der Waals surface area contributed by atoms with Crippen LogP contribution in [-0.4, -0.2) is 44.9 Å². The van der Waals surface area contributed by atoms with Crippen LogP contribution in [0.15, 0.2) is 408 Å². The molecule has 662 valence electrons. The lowest BCUT2D eigenvalue weighted by atomic mass is 9.62. The normalized spacial score (nSPS) is 14.7. The van der Waals surface area contributed by atoms with Gasteiger partial charge in [0, 0.05) is 98.6 Å². The SMILES string of the molecule is CC(C)(C)C1(C)c2cccc(-c3ccc(-c4nc(-c5ccccc5)nc(-c5ccccc5)n4)cc3)c2-c2c1ccc1oc3ccccc3c21.CCC1(C)c2ccccc2-c2c1ccc1oc3cc(-c4cccc(-c5nc(-c6ccccc6)nc(-c6ccccc6)n5)c4)ccc3c21.CCC1(CC)c2cccc(-c3nc(-c4ccccc4)nc(-c4ccccc4)n3)c2-c2c1ccc1oc3ccccc3c21. The molecule has 0 amide bonds. The van der Waals surface area contributed by atoms with Crippen molar-refractivity contribution in [3.05, 3.63) is 428 Å². The topological polar surface area (TPSA) is 155 Å². The molecule has 26 rings (SSSR count). The molecule has 12 heteroatoms. The van der Waals surface area contributed by atoms with Gasteiger partial charge in [-0.1, -0.05) is 401 Å². The van der Waals surface area contributed by atoms with Gasteiger partial charge >= 0.3 is 0 Å². The van der Waals surface area contributed by atoms with Crippen molar-refractivity contribution < 1.29 is 13.3 Å². The minimum Gasteiger partial charge on any atom is -0.456 e. The van der Waals surface area contributed by atoms with E-state index in [1.807, 2.05) is 170 Å². The highest BCUT2D eigenvalue weighted by molar-refractivity contribution is 6.19. The van der Waals surface area contributed by atoms with Crippen LogP contribution in [0.3, 0.4) is 0 Å². The molecule has 0 fully saturated rings. The van der Waals surface area contributed by atoms with Crippen molar-refractivity contribution in [3.8, 4) is 158 Å². The van der Waals surface area contributed by atoms with Gasteiger partial charge in [0.05, 0.1) is 0 Å². The highest BCUT2D eigenvalue weighted by Crippen LogP contribution is 2.63. The summed E-state index contributed by atoms with van der Waals surface area (Å²) in [6.07, 6.45) is 3.03. The average Bonchev–Trinajstić information content (AvgIpc) is 1.53. The van der Waals surface area contributed by atoms with Crippen molar-refractivity contribution >= 4 is 65.8 Å². The molecule has 17 aromatic carbocycles. The zero-order valence-electron chi connectivity index (χ0n) is 77.9. The minimum atomic E-state index is -0.202. The predicted octanol–water partition coefficient (Wildman–Crippen LogP) is 32.8. The molecule has 6 heterocycles. The van der Waals surface area contributed by atoms with Crippen molar-refractivity contribution in [2.24, 2.45) is 5.41 Å². The Hall–Kier alpha value is -16.8. The van der Waals surface area contributed by atoms with Crippen molar-refractivity contribution in [2.45, 2.75) is 90.9 Å². The largest absolute Gasteiger partial charge is 0.456 e. The van der Waals surface area contributed by atoms with Gasteiger partial charge in [0.15, 0.2) is 52.4 Å². The Balaban J connectivity index is 0.000000113. The summed E-state index contributed by atoms with van der Waals surface area (Å²) in [4.78, 5) is 44.7. The molecule has 3 aliphatic carbocycles. The Labute approximate surface area is 800 Å². The van der Waals surface area contributed by atoms with Crippen LogP contribution in [0.1, 0.15) is 108 Å². The molecule has 0 saturated carbocycles. The molecule has 2 unspecified atom stereocenters. The first-order valence-electron chi connectivity index (χ1n) is 47.7. The summed E-state index contributed by atoms with van der Waals surface area (Å²) >= 11 is 0. The number of aromatic nitrogens is 9. The van der Waals surface area contributed by atoms with E-state index in [2.05, 4.69) is 280 Å². The smallest absolute Gasteiger partial charge is 0.164 e. The highest BCUT2D eigenvalue weighted by Gasteiger charge is 2.50. The first-order chi connectivity index (χ1) is 67.6. The number of furan rings is 3. The van der Waals surface area contributed by atoms with Gasteiger partial charge < -0.3 is 13.3 Å². The van der Waals surface area contributed by atoms with Crippen molar-refractivity contribution in [1.29, 1.82) is 0 Å². The summed E-state index contributed by atoms with van der Waals surface area (Å²) in [6, 6.07) is 137. The van der Waals surface area contributed by atoms with E-state index in [-0.39, 0.29) is 21.7 Å². The molecule has 0 N–H and O–H groups in total. The van der Waals surface area contributed by atoms with E-state index in [0.29, 0.717) is 52.4 Å². The first-order valence-corrected chi connectivity index (χ1v) is 47.7. The molecule has 12 nitrogen and oxygen atoms in total. The molecule has 6 aromatic heterocycles. The van der Waals surface area contributed by atoms with Gasteiger partial charge in [0.2, 0.25) is 0 Å². The Morgan fingerprint density at radius 1 is 0.210 bits per heavy atom. The third kappa shape index (κ3) is 13.9. The van der Waals surface area contributed by atoms with Crippen LogP contribution >= 0.6 is 0 Å². The lowest BCUT2D eigenvalue weighted by molar-refractivity contribution is 0.255. The van der Waals surface area contributed by atoms with Gasteiger partial charge in [-0.25, -0.2) is 44.9 Å². The Morgan fingerprint density at radius 2 is 0.522 bits per heavy atom. The lowest BCUT2D eigenvalue weighted by Crippen LogP contribution is -2.36. The number of hydrogen-bond acceptors (Lipinski definition) is 12. The maximum atomic E-state index is 6.57. The quantitative estimate of drug-likeness (QED) is 0.102. The summed E-state index contributed by atoms with van der Waals surface area (Å²) in [5.74, 6) is 5.91. The Bertz CT molecular complexity index is 8530. The molecule has 138 heavy (non-hydrogen) atoms. The summed E-state index contributed by atoms with van der Waals surface area (Å²) in [7, 11) is 0. The highest BCUT2D eigenvalue weighted by atomic mass is 16.3. The number of hydrogen-bond donors (Lipinski definition) is 0. The molecule has 0 bridgehead atoms. The number of benzene rings is 17. The van der Waals surface area contributed by atoms with Crippen molar-refractivity contribution in [2.75, 3.05) is 0 Å². The van der Waals surface area contributed by atoms with E-state index < -0.39 is 0 Å². The molecule has 0 saturated heterocycles. The van der Waals surface area contributed by atoms with Crippen molar-refractivity contribution in [1.82, 2.24) is 44.9 Å². The maximum Gasteiger partial charge on any atom is 0.164 e. The van der Waals surface area contributed by atoms with Crippen LogP contribution in [0.5, 0.6) is 0 Å². The summed E-state index contributed by atoms with van der Waals surface area (Å²) < 4.78 is 19.4. The zero-order valence-corrected chi connectivity index (χ0v) is 77.9. The average molecular weight is 1780 g/mol. The number of fused-ring (bicyclic) bond motifs is 21. The second kappa shape index (κ2) is 33.7. The second-order valence-electron chi connectivity index (χ2n) is 37.7. The first kappa shape index (κ1) is 84.2. The maximum absolute atomic E-state index is 6.57. The fourth-order valence-electron chi connectivity index (χ4n) is 21.9. The van der Waals surface area contributed by atoms with Gasteiger partial charge in [0.1, 0.15) is 33.5 Å². The third-order valence-electron chi connectivity index (χ3n) is 29.5. The molecule has 0 spiro atoms. The minimum absolute atomic E-state index is 0.0140. The number of nitrogens with zero attached hydrogens (tertiary/aromatic N) is 9. The lowest BCUT2D eigenvalue weighted by Gasteiger charge is -2.41. The summed E-state index contributed by atoms with van der Waals surface area (Å²) in [5.41, 5.74) is 34.1. The van der Waals surface area contributed by atoms with E-state index in [1.165, 1.54) is 88.5 Å². The van der Waals surface area contributed by atoms with E-state index in [0.717, 1.165) is 136 Å². The van der Waals surface area contributed by atoms with Gasteiger partial charge in [-0.2, -0.15) is 0 Å². The molecule has 3 aliphatic rings. The third-order valence-corrected chi connectivity index (χ3v) is 29.5. The van der Waals surface area contributed by atoms with Crippen LogP contribution in [0.25, 0.3) is 224 Å². The van der Waals surface area contributed by atoms with Crippen LogP contribution in [0.2, 0.25) is 0 Å². The molecule has 2 atom stereocenters. The van der Waals surface area contributed by atoms with E-state index in [1.54, 1.807) is 0 Å². The Kier molecular flexibility index (Phi) is 20.5. The van der Waals surface area contributed by atoms with Gasteiger partial charge in [-0.15, -0.1) is 0 Å². The Morgan fingerprint density at radius 3 is 1.00 bits per heavy atom. The van der Waals surface area contributed by atoms with E-state index in [4.69, 9.17) is 58.1 Å². The second-order valence-corrected chi connectivity index (χ2v) is 37.7. The van der Waals surface area contributed by atoms with Gasteiger partial charge in [-0.3, -0.25) is 0 Å². The fraction of sp³-hybridized carbons (Fsp3) is 0.119. The standard InChI is InChI=1S/C45H35N3O.C43H31N3O.C38H29N3O/c1-44(2,3)45(4)34-20-13-19-32(38(34)40-35(45)26-27-37-39(40)33-18-11-12-21-36(33)49-37)28-22-24-31(25-23-28)43-47-41(29-14-7-5-8-15-29)46-42(48-43)30-16-9-6-10-17-30;1-3-43(2)34-20-11-10-19-32(34)38-35(43)23-24-36-39(38)33-22-21-30(26-37(33)47-36)29-17-12-18-31(25-29)42-45-40(27-13-6-4-7-14-27)44-41(46-42)28-15-8-5-9-16-28;1-3-38(4-2)28-20-13-19-27(32(28)34-29(38)22-23-31-33(34)26-18-11-12-21-30(26)42-31)37-40-35(24-14-7-5-8-15-24)39-36(41-37)25-16-9-6-10-17-25/h5-27H,1-4H3;4-26H,3H2,1-2H3;5-23H,3-4H2,1-2H3. The molecular weight excluding hydrogens is 1690 g/mol. The van der Waals surface area contributed by atoms with Gasteiger partial charge in [-0.05, 0) is 162 Å². The number of rotatable bonds is 14. The predicted molar refractivity (Wildman–Crippen MR) is 561 cm³/mol. The molecule has 0 radical (unpaired) electrons. The molecular formula is C126H95N9O3. The van der Waals surface area contributed by atoms with Crippen LogP contribution < -0.4 is 0 Å². The number of para-hydroxylation sites is 2. The molecule has 23 aromatic rings. The van der Waals surface area contributed by atoms with Crippen LogP contribution in [0.4, 0.5) is 0 Å².